The van der Waals surface area contributed by atoms with Crippen LogP contribution in [0, 0.1) is 0 Å². The molecular formula is C22H33N3O4S. The van der Waals surface area contributed by atoms with Gasteiger partial charge in [0.1, 0.15) is 0 Å². The lowest BCUT2D eigenvalue weighted by Gasteiger charge is -2.25. The topological polar surface area (TPSA) is 80.6 Å². The number of carbonyl (C=O) groups is 1. The predicted octanol–water partition coefficient (Wildman–Crippen LogP) is 3.14. The van der Waals surface area contributed by atoms with Gasteiger partial charge < -0.3 is 14.6 Å². The SMILES string of the molecule is CC(C)OCCCNC(=O)CCn1ccc2cc(S(=O)(=O)N3CCCCC3)ccc21. The van der Waals surface area contributed by atoms with E-state index in [0.717, 1.165) is 36.6 Å². The minimum atomic E-state index is -3.44. The number of fused-ring (bicyclic) bond motifs is 1. The number of ether oxygens (including phenoxy) is 1. The maximum atomic E-state index is 12.9. The van der Waals surface area contributed by atoms with Gasteiger partial charge in [-0.05, 0) is 57.4 Å². The fraction of sp³-hybridized carbons (Fsp3) is 0.591. The first kappa shape index (κ1) is 22.8. The molecule has 0 spiro atoms. The molecule has 0 bridgehead atoms. The normalized spacial score (nSPS) is 15.7. The molecule has 1 aromatic carbocycles. The molecule has 7 nitrogen and oxygen atoms in total. The number of hydrogen-bond donors (Lipinski definition) is 1. The Morgan fingerprint density at radius 1 is 1.17 bits per heavy atom. The second-order valence-electron chi connectivity index (χ2n) is 8.07. The van der Waals surface area contributed by atoms with E-state index >= 15 is 0 Å². The van der Waals surface area contributed by atoms with Crippen molar-refractivity contribution in [3.05, 3.63) is 30.5 Å². The molecule has 1 aromatic heterocycles. The van der Waals surface area contributed by atoms with Crippen LogP contribution in [0.3, 0.4) is 0 Å². The van der Waals surface area contributed by atoms with Crippen molar-refractivity contribution in [2.45, 2.75) is 63.5 Å². The summed E-state index contributed by atoms with van der Waals surface area (Å²) in [7, 11) is -3.44. The van der Waals surface area contributed by atoms with Crippen molar-refractivity contribution in [2.75, 3.05) is 26.2 Å². The van der Waals surface area contributed by atoms with E-state index in [-0.39, 0.29) is 12.0 Å². The van der Waals surface area contributed by atoms with E-state index in [4.69, 9.17) is 4.74 Å². The number of aryl methyl sites for hydroxylation is 1. The summed E-state index contributed by atoms with van der Waals surface area (Å²) in [5.74, 6) is 0.00527. The molecule has 2 heterocycles. The number of amides is 1. The van der Waals surface area contributed by atoms with E-state index in [9.17, 15) is 13.2 Å². The zero-order valence-corrected chi connectivity index (χ0v) is 18.8. The number of hydrogen-bond acceptors (Lipinski definition) is 4. The molecule has 0 atom stereocenters. The molecule has 30 heavy (non-hydrogen) atoms. The summed E-state index contributed by atoms with van der Waals surface area (Å²) in [5, 5.41) is 3.79. The van der Waals surface area contributed by atoms with E-state index in [1.165, 1.54) is 0 Å². The summed E-state index contributed by atoms with van der Waals surface area (Å²) in [6.07, 6.45) is 6.22. The maximum absolute atomic E-state index is 12.9. The quantitative estimate of drug-likeness (QED) is 0.582. The standard InChI is InChI=1S/C22H33N3O4S/c1-18(2)29-16-6-11-23-22(26)10-15-24-14-9-19-17-20(7-8-21(19)24)30(27,28)25-12-4-3-5-13-25/h7-9,14,17-18H,3-6,10-13,15-16H2,1-2H3,(H,23,26). The van der Waals surface area contributed by atoms with Gasteiger partial charge in [-0.25, -0.2) is 8.42 Å². The van der Waals surface area contributed by atoms with Crippen molar-refractivity contribution >= 4 is 26.8 Å². The molecule has 2 aromatic rings. The molecule has 0 aliphatic carbocycles. The molecule has 1 aliphatic rings. The Morgan fingerprint density at radius 2 is 1.93 bits per heavy atom. The first-order valence-corrected chi connectivity index (χ1v) is 12.3. The summed E-state index contributed by atoms with van der Waals surface area (Å²) in [4.78, 5) is 12.4. The van der Waals surface area contributed by atoms with Crippen LogP contribution in [0.25, 0.3) is 10.9 Å². The second-order valence-corrected chi connectivity index (χ2v) is 10.0. The summed E-state index contributed by atoms with van der Waals surface area (Å²) >= 11 is 0. The van der Waals surface area contributed by atoms with Gasteiger partial charge in [0.2, 0.25) is 15.9 Å². The summed E-state index contributed by atoms with van der Waals surface area (Å²) in [5.41, 5.74) is 0.936. The van der Waals surface area contributed by atoms with E-state index in [1.807, 2.05) is 36.7 Å². The third-order valence-corrected chi connectivity index (χ3v) is 7.26. The Hall–Kier alpha value is -1.90. The summed E-state index contributed by atoms with van der Waals surface area (Å²) in [6, 6.07) is 7.17. The molecule has 0 unspecified atom stereocenters. The van der Waals surface area contributed by atoms with E-state index in [2.05, 4.69) is 5.32 Å². The molecule has 0 radical (unpaired) electrons. The van der Waals surface area contributed by atoms with Gasteiger partial charge in [-0.2, -0.15) is 4.31 Å². The number of piperidine rings is 1. The lowest BCUT2D eigenvalue weighted by molar-refractivity contribution is -0.121. The van der Waals surface area contributed by atoms with Crippen molar-refractivity contribution in [3.8, 4) is 0 Å². The molecular weight excluding hydrogens is 402 g/mol. The van der Waals surface area contributed by atoms with E-state index in [0.29, 0.717) is 44.1 Å². The van der Waals surface area contributed by atoms with Crippen LogP contribution >= 0.6 is 0 Å². The van der Waals surface area contributed by atoms with Crippen molar-refractivity contribution in [1.29, 1.82) is 0 Å². The maximum Gasteiger partial charge on any atom is 0.243 e. The molecule has 0 saturated carbocycles. The van der Waals surface area contributed by atoms with Gasteiger partial charge in [-0.1, -0.05) is 6.42 Å². The highest BCUT2D eigenvalue weighted by atomic mass is 32.2. The zero-order chi connectivity index (χ0) is 21.6. The summed E-state index contributed by atoms with van der Waals surface area (Å²) in [6.45, 7) is 6.98. The van der Waals surface area contributed by atoms with Crippen molar-refractivity contribution in [1.82, 2.24) is 14.2 Å². The van der Waals surface area contributed by atoms with E-state index in [1.54, 1.807) is 16.4 Å². The third-order valence-electron chi connectivity index (χ3n) is 5.37. The second kappa shape index (κ2) is 10.4. The molecule has 166 valence electrons. The number of rotatable bonds is 10. The Kier molecular flexibility index (Phi) is 7.91. The fourth-order valence-electron chi connectivity index (χ4n) is 3.72. The fourth-order valence-corrected chi connectivity index (χ4v) is 5.27. The lowest BCUT2D eigenvalue weighted by Crippen LogP contribution is -2.35. The lowest BCUT2D eigenvalue weighted by atomic mass is 10.2. The van der Waals surface area contributed by atoms with Gasteiger partial charge in [0.05, 0.1) is 11.0 Å². The van der Waals surface area contributed by atoms with Crippen LogP contribution in [0.1, 0.15) is 46.0 Å². The minimum absolute atomic E-state index is 0.00527. The number of sulfonamides is 1. The largest absolute Gasteiger partial charge is 0.379 e. The highest BCUT2D eigenvalue weighted by Gasteiger charge is 2.26. The third kappa shape index (κ3) is 5.83. The Bertz CT molecular complexity index is 946. The first-order valence-electron chi connectivity index (χ1n) is 10.9. The Labute approximate surface area is 179 Å². The van der Waals surface area contributed by atoms with Crippen molar-refractivity contribution < 1.29 is 17.9 Å². The number of carbonyl (C=O) groups excluding carboxylic acids is 1. The molecule has 1 amide bonds. The average molecular weight is 436 g/mol. The minimum Gasteiger partial charge on any atom is -0.379 e. The van der Waals surface area contributed by atoms with Crippen LogP contribution in [-0.2, 0) is 26.1 Å². The smallest absolute Gasteiger partial charge is 0.243 e. The highest BCUT2D eigenvalue weighted by molar-refractivity contribution is 7.89. The van der Waals surface area contributed by atoms with Crippen LogP contribution in [0.5, 0.6) is 0 Å². The number of aromatic nitrogens is 1. The Morgan fingerprint density at radius 3 is 2.67 bits per heavy atom. The van der Waals surface area contributed by atoms with Gasteiger partial charge in [-0.3, -0.25) is 4.79 Å². The van der Waals surface area contributed by atoms with Crippen LogP contribution in [0.2, 0.25) is 0 Å². The molecule has 1 N–H and O–H groups in total. The monoisotopic (exact) mass is 435 g/mol. The average Bonchev–Trinajstić information content (AvgIpc) is 3.14. The van der Waals surface area contributed by atoms with Crippen molar-refractivity contribution in [2.24, 2.45) is 0 Å². The van der Waals surface area contributed by atoms with Gasteiger partial charge in [0.15, 0.2) is 0 Å². The van der Waals surface area contributed by atoms with Crippen LogP contribution in [-0.4, -0.2) is 55.5 Å². The van der Waals surface area contributed by atoms with Crippen LogP contribution in [0.4, 0.5) is 0 Å². The Balaban J connectivity index is 1.56. The highest BCUT2D eigenvalue weighted by Crippen LogP contribution is 2.25. The molecule has 1 aliphatic heterocycles. The number of benzene rings is 1. The number of nitrogens with one attached hydrogen (secondary N) is 1. The van der Waals surface area contributed by atoms with Crippen molar-refractivity contribution in [3.63, 3.8) is 0 Å². The molecule has 8 heteroatoms. The van der Waals surface area contributed by atoms with Gasteiger partial charge >= 0.3 is 0 Å². The first-order chi connectivity index (χ1) is 14.4. The summed E-state index contributed by atoms with van der Waals surface area (Å²) < 4.78 is 34.8. The molecule has 1 saturated heterocycles. The molecule has 1 fully saturated rings. The van der Waals surface area contributed by atoms with Gasteiger partial charge in [0.25, 0.3) is 0 Å². The van der Waals surface area contributed by atoms with E-state index < -0.39 is 10.0 Å². The van der Waals surface area contributed by atoms with Gasteiger partial charge in [-0.15, -0.1) is 0 Å². The number of nitrogens with zero attached hydrogens (tertiary/aromatic N) is 2. The van der Waals surface area contributed by atoms with Crippen LogP contribution < -0.4 is 5.32 Å². The van der Waals surface area contributed by atoms with Gasteiger partial charge in [0, 0.05) is 56.3 Å². The van der Waals surface area contributed by atoms with Crippen LogP contribution in [0.15, 0.2) is 35.4 Å². The molecule has 3 rings (SSSR count). The predicted molar refractivity (Wildman–Crippen MR) is 118 cm³/mol. The zero-order valence-electron chi connectivity index (χ0n) is 18.0.